The number of amides is 1. The zero-order valence-corrected chi connectivity index (χ0v) is 14.1. The van der Waals surface area contributed by atoms with E-state index in [1.165, 1.54) is 0 Å². The number of nitrogens with one attached hydrogen (secondary N) is 1. The van der Waals surface area contributed by atoms with Crippen molar-refractivity contribution >= 4 is 28.3 Å². The summed E-state index contributed by atoms with van der Waals surface area (Å²) in [5.74, 6) is -3.51. The molecule has 22 heavy (non-hydrogen) atoms. The van der Waals surface area contributed by atoms with Crippen LogP contribution in [-0.4, -0.2) is 50.1 Å². The number of piperidine rings is 1. The van der Waals surface area contributed by atoms with Gasteiger partial charge in [-0.1, -0.05) is 13.3 Å². The molecule has 10 heteroatoms. The molecule has 1 unspecified atom stereocenters. The molecule has 0 bridgehead atoms. The summed E-state index contributed by atoms with van der Waals surface area (Å²) in [7, 11) is -4.48. The maximum absolute atomic E-state index is 12.4. The average Bonchev–Trinajstić information content (AvgIpc) is 2.45. The molecule has 1 amide bonds. The van der Waals surface area contributed by atoms with Gasteiger partial charge in [0.25, 0.3) is 10.0 Å². The van der Waals surface area contributed by atoms with Crippen molar-refractivity contribution in [3.8, 4) is 0 Å². The summed E-state index contributed by atoms with van der Waals surface area (Å²) in [5.41, 5.74) is 5.67. The van der Waals surface area contributed by atoms with E-state index >= 15 is 0 Å². The topological polar surface area (TPSA) is 92.5 Å². The molecule has 0 radical (unpaired) electrons. The van der Waals surface area contributed by atoms with Gasteiger partial charge in [-0.2, -0.15) is 13.1 Å². The molecule has 0 saturated carbocycles. The first-order valence-electron chi connectivity index (χ1n) is 7.09. The first-order chi connectivity index (χ1) is 9.78. The van der Waals surface area contributed by atoms with Crippen LogP contribution in [0.25, 0.3) is 0 Å². The Morgan fingerprint density at radius 1 is 1.36 bits per heavy atom. The van der Waals surface area contributed by atoms with Gasteiger partial charge in [0.2, 0.25) is 5.91 Å². The fourth-order valence-corrected chi connectivity index (χ4v) is 3.24. The van der Waals surface area contributed by atoms with Gasteiger partial charge in [-0.15, -0.1) is 12.4 Å². The van der Waals surface area contributed by atoms with E-state index in [0.717, 1.165) is 10.7 Å². The molecular weight excluding hydrogens is 340 g/mol. The number of hydrogen-bond donors (Lipinski definition) is 2. The van der Waals surface area contributed by atoms with Crippen LogP contribution in [0, 0.1) is 5.92 Å². The van der Waals surface area contributed by atoms with E-state index in [0.29, 0.717) is 25.8 Å². The van der Waals surface area contributed by atoms with Crippen LogP contribution in [0.3, 0.4) is 0 Å². The smallest absolute Gasteiger partial charge is 0.350 e. The van der Waals surface area contributed by atoms with Gasteiger partial charge < -0.3 is 11.1 Å². The van der Waals surface area contributed by atoms with Crippen molar-refractivity contribution in [2.24, 2.45) is 11.7 Å². The first-order valence-corrected chi connectivity index (χ1v) is 8.59. The molecule has 1 rings (SSSR count). The molecule has 132 valence electrons. The Balaban J connectivity index is 0.00000441. The molecule has 1 aliphatic rings. The van der Waals surface area contributed by atoms with Crippen molar-refractivity contribution in [1.29, 1.82) is 0 Å². The lowest BCUT2D eigenvalue weighted by Crippen LogP contribution is -2.46. The highest BCUT2D eigenvalue weighted by Gasteiger charge is 2.34. The molecule has 6 nitrogen and oxygen atoms in total. The lowest BCUT2D eigenvalue weighted by atomic mass is 9.98. The molecule has 0 aliphatic carbocycles. The number of hydrogen-bond acceptors (Lipinski definition) is 4. The van der Waals surface area contributed by atoms with Crippen molar-refractivity contribution < 1.29 is 22.0 Å². The van der Waals surface area contributed by atoms with Crippen molar-refractivity contribution in [1.82, 2.24) is 9.62 Å². The minimum Gasteiger partial charge on any atom is -0.354 e. The molecule has 3 N–H and O–H groups in total. The summed E-state index contributed by atoms with van der Waals surface area (Å²) in [4.78, 5) is 11.6. The standard InChI is InChI=1S/C12H23F2N3O3S.ClH/c1-2-3-10(15)11(18)16-8-9-4-6-17(7-5-9)21(19,20)12(13)14;/h9-10,12H,2-8,15H2,1H3,(H,16,18);1H. The SMILES string of the molecule is CCCC(N)C(=O)NCC1CCN(S(=O)(=O)C(F)F)CC1.Cl. The van der Waals surface area contributed by atoms with Gasteiger partial charge >= 0.3 is 5.76 Å². The normalized spacial score (nSPS) is 18.8. The van der Waals surface area contributed by atoms with Crippen LogP contribution >= 0.6 is 12.4 Å². The van der Waals surface area contributed by atoms with Crippen LogP contribution < -0.4 is 11.1 Å². The Hall–Kier alpha value is -0.510. The molecule has 1 saturated heterocycles. The number of nitrogens with two attached hydrogens (primary N) is 1. The summed E-state index contributed by atoms with van der Waals surface area (Å²) < 4.78 is 48.3. The fourth-order valence-electron chi connectivity index (χ4n) is 2.30. The number of nitrogens with zero attached hydrogens (tertiary/aromatic N) is 1. The Morgan fingerprint density at radius 2 is 1.91 bits per heavy atom. The second-order valence-electron chi connectivity index (χ2n) is 5.29. The van der Waals surface area contributed by atoms with E-state index in [1.807, 2.05) is 6.92 Å². The molecule has 0 aromatic rings. The van der Waals surface area contributed by atoms with Gasteiger partial charge in [0.05, 0.1) is 6.04 Å². The van der Waals surface area contributed by atoms with Crippen LogP contribution in [-0.2, 0) is 14.8 Å². The molecule has 0 aromatic carbocycles. The molecular formula is C12H24ClF2N3O3S. The van der Waals surface area contributed by atoms with Gasteiger partial charge in [-0.25, -0.2) is 8.42 Å². The Morgan fingerprint density at radius 3 is 2.36 bits per heavy atom. The maximum atomic E-state index is 12.4. The van der Waals surface area contributed by atoms with Gasteiger partial charge in [-0.05, 0) is 25.2 Å². The molecule has 1 heterocycles. The predicted molar refractivity (Wildman–Crippen MR) is 82.4 cm³/mol. The quantitative estimate of drug-likeness (QED) is 0.703. The summed E-state index contributed by atoms with van der Waals surface area (Å²) in [6, 6.07) is -0.533. The van der Waals surface area contributed by atoms with E-state index in [1.54, 1.807) is 0 Å². The van der Waals surface area contributed by atoms with Crippen LogP contribution in [0.2, 0.25) is 0 Å². The van der Waals surface area contributed by atoms with Crippen molar-refractivity contribution in [2.45, 2.75) is 44.4 Å². The highest BCUT2D eigenvalue weighted by Crippen LogP contribution is 2.22. The Kier molecular flexibility index (Phi) is 9.37. The van der Waals surface area contributed by atoms with E-state index in [-0.39, 0.29) is 37.3 Å². The minimum absolute atomic E-state index is 0. The third-order valence-electron chi connectivity index (χ3n) is 3.66. The average molecular weight is 364 g/mol. The molecule has 1 aliphatic heterocycles. The largest absolute Gasteiger partial charge is 0.354 e. The molecule has 0 aromatic heterocycles. The lowest BCUT2D eigenvalue weighted by molar-refractivity contribution is -0.122. The van der Waals surface area contributed by atoms with Crippen LogP contribution in [0.5, 0.6) is 0 Å². The predicted octanol–water partition coefficient (Wildman–Crippen LogP) is 0.916. The Labute approximate surface area is 136 Å². The number of alkyl halides is 2. The summed E-state index contributed by atoms with van der Waals surface area (Å²) in [6.07, 6.45) is 2.33. The lowest BCUT2D eigenvalue weighted by Gasteiger charge is -2.31. The third kappa shape index (κ3) is 5.94. The van der Waals surface area contributed by atoms with E-state index in [2.05, 4.69) is 5.32 Å². The highest BCUT2D eigenvalue weighted by atomic mass is 35.5. The second kappa shape index (κ2) is 9.59. The van der Waals surface area contributed by atoms with Gasteiger partial charge in [0.15, 0.2) is 0 Å². The van der Waals surface area contributed by atoms with Crippen LogP contribution in [0.4, 0.5) is 8.78 Å². The van der Waals surface area contributed by atoms with E-state index < -0.39 is 21.8 Å². The number of rotatable bonds is 7. The fraction of sp³-hybridized carbons (Fsp3) is 0.917. The van der Waals surface area contributed by atoms with E-state index in [9.17, 15) is 22.0 Å². The molecule has 0 spiro atoms. The maximum Gasteiger partial charge on any atom is 0.350 e. The Bertz CT molecular complexity index is 443. The zero-order chi connectivity index (χ0) is 16.0. The number of halogens is 3. The summed E-state index contributed by atoms with van der Waals surface area (Å²) in [5, 5.41) is 2.73. The van der Waals surface area contributed by atoms with Crippen LogP contribution in [0.15, 0.2) is 0 Å². The number of carbonyl (C=O) groups is 1. The monoisotopic (exact) mass is 363 g/mol. The van der Waals surface area contributed by atoms with Crippen molar-refractivity contribution in [2.75, 3.05) is 19.6 Å². The first kappa shape index (κ1) is 21.5. The van der Waals surface area contributed by atoms with Crippen molar-refractivity contribution in [3.63, 3.8) is 0 Å². The van der Waals surface area contributed by atoms with E-state index in [4.69, 9.17) is 5.73 Å². The number of sulfonamides is 1. The zero-order valence-electron chi connectivity index (χ0n) is 12.5. The van der Waals surface area contributed by atoms with Crippen molar-refractivity contribution in [3.05, 3.63) is 0 Å². The van der Waals surface area contributed by atoms with Gasteiger partial charge in [0, 0.05) is 19.6 Å². The number of carbonyl (C=O) groups excluding carboxylic acids is 1. The van der Waals surface area contributed by atoms with Crippen LogP contribution in [0.1, 0.15) is 32.6 Å². The minimum atomic E-state index is -4.48. The van der Waals surface area contributed by atoms with Gasteiger partial charge in [0.1, 0.15) is 0 Å². The summed E-state index contributed by atoms with van der Waals surface area (Å²) in [6.45, 7) is 2.47. The third-order valence-corrected chi connectivity index (χ3v) is 5.20. The summed E-state index contributed by atoms with van der Waals surface area (Å²) >= 11 is 0. The highest BCUT2D eigenvalue weighted by molar-refractivity contribution is 7.89. The second-order valence-corrected chi connectivity index (χ2v) is 7.19. The molecule has 1 fully saturated rings. The molecule has 1 atom stereocenters. The van der Waals surface area contributed by atoms with Gasteiger partial charge in [-0.3, -0.25) is 4.79 Å².